The molecule has 1 saturated carbocycles. The molecule has 1 amide bonds. The van der Waals surface area contributed by atoms with E-state index in [9.17, 15) is 4.79 Å². The van der Waals surface area contributed by atoms with Crippen LogP contribution in [0.5, 0.6) is 0 Å². The van der Waals surface area contributed by atoms with E-state index in [1.165, 1.54) is 0 Å². The SMILES string of the molecule is CCn1nc(C)c(Br)c1C(=O)NC[C@H]1CC[C@@H](Nc2nc(N(C)C)c3ccccc3n2)CC1. The van der Waals surface area contributed by atoms with E-state index in [1.807, 2.05) is 51.0 Å². The summed E-state index contributed by atoms with van der Waals surface area (Å²) < 4.78 is 2.53. The van der Waals surface area contributed by atoms with E-state index in [-0.39, 0.29) is 5.91 Å². The van der Waals surface area contributed by atoms with Crippen molar-refractivity contribution in [1.82, 2.24) is 25.1 Å². The summed E-state index contributed by atoms with van der Waals surface area (Å²) >= 11 is 3.51. The summed E-state index contributed by atoms with van der Waals surface area (Å²) in [6, 6.07) is 8.44. The molecule has 33 heavy (non-hydrogen) atoms. The Balaban J connectivity index is 1.33. The molecule has 0 atom stereocenters. The van der Waals surface area contributed by atoms with Gasteiger partial charge in [-0.25, -0.2) is 4.98 Å². The molecular formula is C24H32BrN7O. The molecular weight excluding hydrogens is 482 g/mol. The van der Waals surface area contributed by atoms with Crippen molar-refractivity contribution in [3.05, 3.63) is 40.1 Å². The van der Waals surface area contributed by atoms with Crippen LogP contribution in [0.4, 0.5) is 11.8 Å². The van der Waals surface area contributed by atoms with E-state index in [1.54, 1.807) is 4.68 Å². The number of fused-ring (bicyclic) bond motifs is 1. The van der Waals surface area contributed by atoms with Crippen LogP contribution in [-0.2, 0) is 6.54 Å². The van der Waals surface area contributed by atoms with Crippen molar-refractivity contribution in [2.45, 2.75) is 52.1 Å². The fourth-order valence-electron chi connectivity index (χ4n) is 4.48. The van der Waals surface area contributed by atoms with Gasteiger partial charge in [0, 0.05) is 38.6 Å². The highest BCUT2D eigenvalue weighted by atomic mass is 79.9. The minimum Gasteiger partial charge on any atom is -0.362 e. The Labute approximate surface area is 203 Å². The maximum Gasteiger partial charge on any atom is 0.270 e. The third-order valence-electron chi connectivity index (χ3n) is 6.31. The Kier molecular flexibility index (Phi) is 7.17. The maximum absolute atomic E-state index is 12.8. The molecule has 1 fully saturated rings. The number of benzene rings is 1. The van der Waals surface area contributed by atoms with Crippen molar-refractivity contribution < 1.29 is 4.79 Å². The van der Waals surface area contributed by atoms with Gasteiger partial charge in [-0.05, 0) is 73.5 Å². The van der Waals surface area contributed by atoms with Gasteiger partial charge in [-0.15, -0.1) is 0 Å². The van der Waals surface area contributed by atoms with Crippen molar-refractivity contribution in [3.8, 4) is 0 Å². The molecule has 0 radical (unpaired) electrons. The highest BCUT2D eigenvalue weighted by Crippen LogP contribution is 2.28. The number of rotatable bonds is 7. The first-order valence-electron chi connectivity index (χ1n) is 11.6. The Bertz CT molecular complexity index is 1140. The van der Waals surface area contributed by atoms with E-state index in [4.69, 9.17) is 9.97 Å². The minimum atomic E-state index is -0.0645. The summed E-state index contributed by atoms with van der Waals surface area (Å²) in [7, 11) is 4.01. The van der Waals surface area contributed by atoms with Crippen molar-refractivity contribution in [3.63, 3.8) is 0 Å². The van der Waals surface area contributed by atoms with Crippen molar-refractivity contribution in [2.24, 2.45) is 5.92 Å². The molecule has 2 aromatic heterocycles. The highest BCUT2D eigenvalue weighted by Gasteiger charge is 2.24. The lowest BCUT2D eigenvalue weighted by molar-refractivity contribution is 0.0931. The summed E-state index contributed by atoms with van der Waals surface area (Å²) in [6.45, 7) is 5.24. The fourth-order valence-corrected chi connectivity index (χ4v) is 4.95. The zero-order valence-electron chi connectivity index (χ0n) is 19.7. The van der Waals surface area contributed by atoms with Crippen LogP contribution in [0.1, 0.15) is 48.8 Å². The number of nitrogens with zero attached hydrogens (tertiary/aromatic N) is 5. The molecule has 2 N–H and O–H groups in total. The summed E-state index contributed by atoms with van der Waals surface area (Å²) in [5.74, 6) is 2.01. The molecule has 1 aromatic carbocycles. The van der Waals surface area contributed by atoms with Crippen LogP contribution in [0.25, 0.3) is 10.9 Å². The second kappa shape index (κ2) is 10.1. The number of nitrogens with one attached hydrogen (secondary N) is 2. The van der Waals surface area contributed by atoms with Crippen molar-refractivity contribution in [1.29, 1.82) is 0 Å². The lowest BCUT2D eigenvalue weighted by atomic mass is 9.86. The Morgan fingerprint density at radius 1 is 1.18 bits per heavy atom. The molecule has 1 aliphatic carbocycles. The molecule has 176 valence electrons. The first-order valence-corrected chi connectivity index (χ1v) is 12.4. The lowest BCUT2D eigenvalue weighted by Crippen LogP contribution is -2.35. The topological polar surface area (TPSA) is 88.0 Å². The Morgan fingerprint density at radius 2 is 1.91 bits per heavy atom. The maximum atomic E-state index is 12.8. The number of carbonyl (C=O) groups is 1. The predicted octanol–water partition coefficient (Wildman–Crippen LogP) is 4.38. The third-order valence-corrected chi connectivity index (χ3v) is 7.26. The van der Waals surface area contributed by atoms with Crippen molar-refractivity contribution >= 4 is 44.5 Å². The van der Waals surface area contributed by atoms with E-state index in [2.05, 4.69) is 37.7 Å². The van der Waals surface area contributed by atoms with Gasteiger partial charge in [-0.1, -0.05) is 12.1 Å². The minimum absolute atomic E-state index is 0.0645. The number of para-hydroxylation sites is 1. The van der Waals surface area contributed by atoms with Gasteiger partial charge in [0.05, 0.1) is 15.7 Å². The standard InChI is InChI=1S/C24H32BrN7O/c1-5-32-21(20(25)15(2)30-32)23(33)26-14-16-10-12-17(13-11-16)27-24-28-19-9-7-6-8-18(19)22(29-24)31(3)4/h6-9,16-17H,5,10-14H2,1-4H3,(H,26,33)(H,27,28,29)/t16-,17+. The van der Waals surface area contributed by atoms with Crippen LogP contribution in [0.3, 0.4) is 0 Å². The quantitative estimate of drug-likeness (QED) is 0.487. The summed E-state index contributed by atoms with van der Waals surface area (Å²) in [4.78, 5) is 24.3. The predicted molar refractivity (Wildman–Crippen MR) is 136 cm³/mol. The van der Waals surface area contributed by atoms with Crippen molar-refractivity contribution in [2.75, 3.05) is 30.9 Å². The van der Waals surface area contributed by atoms with E-state index >= 15 is 0 Å². The molecule has 3 aromatic rings. The van der Waals surface area contributed by atoms with Crippen LogP contribution in [0, 0.1) is 12.8 Å². The smallest absolute Gasteiger partial charge is 0.270 e. The molecule has 0 aliphatic heterocycles. The number of halogens is 1. The van der Waals surface area contributed by atoms with E-state index in [0.29, 0.717) is 36.7 Å². The molecule has 8 nitrogen and oxygen atoms in total. The molecule has 0 spiro atoms. The number of amides is 1. The number of anilines is 2. The van der Waals surface area contributed by atoms with Gasteiger partial charge in [-0.3, -0.25) is 9.48 Å². The summed E-state index contributed by atoms with van der Waals surface area (Å²) in [6.07, 6.45) is 4.17. The average Bonchev–Trinajstić information content (AvgIpc) is 3.11. The first-order chi connectivity index (χ1) is 15.9. The largest absolute Gasteiger partial charge is 0.362 e. The summed E-state index contributed by atoms with van der Waals surface area (Å²) in [5, 5.41) is 12.1. The van der Waals surface area contributed by atoms with Crippen LogP contribution in [0.2, 0.25) is 0 Å². The molecule has 0 bridgehead atoms. The Morgan fingerprint density at radius 3 is 2.61 bits per heavy atom. The van der Waals surface area contributed by atoms with Crippen LogP contribution in [0.15, 0.2) is 28.7 Å². The highest BCUT2D eigenvalue weighted by molar-refractivity contribution is 9.10. The lowest BCUT2D eigenvalue weighted by Gasteiger charge is -2.29. The van der Waals surface area contributed by atoms with Gasteiger partial charge in [0.1, 0.15) is 11.5 Å². The number of carbonyl (C=O) groups excluding carboxylic acids is 1. The molecule has 4 rings (SSSR count). The van der Waals surface area contributed by atoms with E-state index in [0.717, 1.165) is 52.6 Å². The van der Waals surface area contributed by atoms with Crippen LogP contribution >= 0.6 is 15.9 Å². The molecule has 2 heterocycles. The molecule has 0 unspecified atom stereocenters. The van der Waals surface area contributed by atoms with Gasteiger partial charge in [0.2, 0.25) is 5.95 Å². The molecule has 0 saturated heterocycles. The third kappa shape index (κ3) is 5.13. The number of hydrogen-bond acceptors (Lipinski definition) is 6. The zero-order valence-corrected chi connectivity index (χ0v) is 21.3. The first kappa shape index (κ1) is 23.5. The second-order valence-electron chi connectivity index (χ2n) is 8.92. The monoisotopic (exact) mass is 513 g/mol. The second-order valence-corrected chi connectivity index (χ2v) is 9.71. The molecule has 1 aliphatic rings. The number of aryl methyl sites for hydroxylation is 2. The van der Waals surface area contributed by atoms with Gasteiger partial charge in [0.15, 0.2) is 0 Å². The average molecular weight is 514 g/mol. The Hall–Kier alpha value is -2.68. The van der Waals surface area contributed by atoms with E-state index < -0.39 is 0 Å². The van der Waals surface area contributed by atoms with Gasteiger partial charge < -0.3 is 15.5 Å². The zero-order chi connectivity index (χ0) is 23.5. The van der Waals surface area contributed by atoms with Gasteiger partial charge in [0.25, 0.3) is 5.91 Å². The normalized spacial score (nSPS) is 18.3. The number of aromatic nitrogens is 4. The number of hydrogen-bond donors (Lipinski definition) is 2. The van der Waals surface area contributed by atoms with Crippen LogP contribution in [-0.4, -0.2) is 52.3 Å². The van der Waals surface area contributed by atoms with Gasteiger partial charge in [-0.2, -0.15) is 10.1 Å². The van der Waals surface area contributed by atoms with Crippen LogP contribution < -0.4 is 15.5 Å². The van der Waals surface area contributed by atoms with Gasteiger partial charge >= 0.3 is 0 Å². The summed E-state index contributed by atoms with van der Waals surface area (Å²) in [5.41, 5.74) is 2.39. The molecule has 9 heteroatoms. The fraction of sp³-hybridized carbons (Fsp3) is 0.500.